The van der Waals surface area contributed by atoms with Gasteiger partial charge in [-0.1, -0.05) is 12.1 Å². The fourth-order valence-corrected chi connectivity index (χ4v) is 2.92. The molecule has 1 aromatic heterocycles. The van der Waals surface area contributed by atoms with Crippen LogP contribution >= 0.6 is 11.3 Å². The Balaban J connectivity index is 2.39. The van der Waals surface area contributed by atoms with E-state index in [9.17, 15) is 18.0 Å². The van der Waals surface area contributed by atoms with Crippen LogP contribution < -0.4 is 4.74 Å². The molecule has 0 spiro atoms. The molecule has 3 nitrogen and oxygen atoms in total. The minimum atomic E-state index is -4.38. The maximum Gasteiger partial charge on any atom is 0.416 e. The van der Waals surface area contributed by atoms with Gasteiger partial charge in [0, 0.05) is 5.38 Å². The molecule has 0 bridgehead atoms. The van der Waals surface area contributed by atoms with Crippen LogP contribution in [0, 0.1) is 0 Å². The zero-order valence-electron chi connectivity index (χ0n) is 11.9. The summed E-state index contributed by atoms with van der Waals surface area (Å²) in [7, 11) is 1.40. The number of esters is 1. The Morgan fingerprint density at radius 3 is 2.36 bits per heavy atom. The molecular formula is C15H13F3O3S. The third-order valence-electron chi connectivity index (χ3n) is 2.92. The molecule has 0 unspecified atom stereocenters. The fraction of sp³-hybridized carbons (Fsp3) is 0.267. The highest BCUT2D eigenvalue weighted by Crippen LogP contribution is 2.40. The SMILES string of the molecule is CCOC(=O)c1csc(-c2ccc(C(F)(F)F)cc2)c1OC. The van der Waals surface area contributed by atoms with Gasteiger partial charge < -0.3 is 9.47 Å². The van der Waals surface area contributed by atoms with E-state index in [-0.39, 0.29) is 12.2 Å². The topological polar surface area (TPSA) is 35.5 Å². The van der Waals surface area contributed by atoms with Crippen molar-refractivity contribution in [2.75, 3.05) is 13.7 Å². The van der Waals surface area contributed by atoms with Crippen molar-refractivity contribution < 1.29 is 27.4 Å². The standard InChI is InChI=1S/C15H13F3O3S/c1-3-21-14(19)11-8-22-13(12(11)20-2)9-4-6-10(7-5-9)15(16,17)18/h4-8H,3H2,1-2H3. The smallest absolute Gasteiger partial charge is 0.416 e. The second-order valence-electron chi connectivity index (χ2n) is 4.31. The zero-order valence-corrected chi connectivity index (χ0v) is 12.7. The highest BCUT2D eigenvalue weighted by Gasteiger charge is 2.30. The van der Waals surface area contributed by atoms with Gasteiger partial charge in [0.15, 0.2) is 5.75 Å². The number of halogens is 3. The summed E-state index contributed by atoms with van der Waals surface area (Å²) in [6.45, 7) is 1.92. The average molecular weight is 330 g/mol. The summed E-state index contributed by atoms with van der Waals surface area (Å²) in [5.74, 6) is -0.211. The fourth-order valence-electron chi connectivity index (χ4n) is 1.91. The molecule has 0 aliphatic carbocycles. The molecule has 2 rings (SSSR count). The van der Waals surface area contributed by atoms with E-state index in [4.69, 9.17) is 9.47 Å². The van der Waals surface area contributed by atoms with Gasteiger partial charge >= 0.3 is 12.1 Å². The molecule has 0 aliphatic heterocycles. The molecule has 0 saturated carbocycles. The number of carbonyl (C=O) groups is 1. The molecule has 0 N–H and O–H groups in total. The van der Waals surface area contributed by atoms with Gasteiger partial charge in [-0.05, 0) is 24.6 Å². The Bertz CT molecular complexity index is 660. The number of benzene rings is 1. The van der Waals surface area contributed by atoms with E-state index >= 15 is 0 Å². The van der Waals surface area contributed by atoms with E-state index in [0.29, 0.717) is 16.2 Å². The molecule has 0 radical (unpaired) electrons. The number of methoxy groups -OCH3 is 1. The number of rotatable bonds is 4. The maximum absolute atomic E-state index is 12.6. The van der Waals surface area contributed by atoms with Crippen molar-refractivity contribution in [1.82, 2.24) is 0 Å². The monoisotopic (exact) mass is 330 g/mol. The average Bonchev–Trinajstić information content (AvgIpc) is 2.90. The molecule has 2 aromatic rings. The lowest BCUT2D eigenvalue weighted by Crippen LogP contribution is -2.05. The Morgan fingerprint density at radius 1 is 1.23 bits per heavy atom. The first kappa shape index (κ1) is 16.4. The first-order valence-corrected chi connectivity index (χ1v) is 7.26. The number of hydrogen-bond acceptors (Lipinski definition) is 4. The first-order valence-electron chi connectivity index (χ1n) is 6.38. The summed E-state index contributed by atoms with van der Waals surface area (Å²) in [5, 5.41) is 1.57. The summed E-state index contributed by atoms with van der Waals surface area (Å²) in [5.41, 5.74) is 0.0898. The summed E-state index contributed by atoms with van der Waals surface area (Å²) >= 11 is 1.21. The lowest BCUT2D eigenvalue weighted by molar-refractivity contribution is -0.137. The van der Waals surface area contributed by atoms with Crippen molar-refractivity contribution in [1.29, 1.82) is 0 Å². The van der Waals surface area contributed by atoms with E-state index in [0.717, 1.165) is 12.1 Å². The van der Waals surface area contributed by atoms with Crippen LogP contribution in [-0.4, -0.2) is 19.7 Å². The first-order chi connectivity index (χ1) is 10.4. The van der Waals surface area contributed by atoms with Crippen molar-refractivity contribution in [2.24, 2.45) is 0 Å². The van der Waals surface area contributed by atoms with Gasteiger partial charge in [-0.25, -0.2) is 4.79 Å². The minimum absolute atomic E-state index is 0.230. The normalized spacial score (nSPS) is 11.3. The van der Waals surface area contributed by atoms with Gasteiger partial charge in [0.1, 0.15) is 5.56 Å². The van der Waals surface area contributed by atoms with E-state index in [2.05, 4.69) is 0 Å². The van der Waals surface area contributed by atoms with Crippen LogP contribution in [0.2, 0.25) is 0 Å². The number of ether oxygens (including phenoxy) is 2. The third kappa shape index (κ3) is 3.24. The van der Waals surface area contributed by atoms with E-state index < -0.39 is 17.7 Å². The minimum Gasteiger partial charge on any atom is -0.494 e. The predicted octanol–water partition coefficient (Wildman–Crippen LogP) is 4.62. The van der Waals surface area contributed by atoms with Gasteiger partial charge in [-0.2, -0.15) is 13.2 Å². The summed E-state index contributed by atoms with van der Waals surface area (Å²) in [6, 6.07) is 4.70. The Hall–Kier alpha value is -2.02. The lowest BCUT2D eigenvalue weighted by Gasteiger charge is -2.08. The third-order valence-corrected chi connectivity index (χ3v) is 3.93. The van der Waals surface area contributed by atoms with Crippen molar-refractivity contribution in [3.8, 4) is 16.2 Å². The molecule has 22 heavy (non-hydrogen) atoms. The van der Waals surface area contributed by atoms with Crippen molar-refractivity contribution in [3.05, 3.63) is 40.8 Å². The van der Waals surface area contributed by atoms with Crippen LogP contribution in [0.4, 0.5) is 13.2 Å². The van der Waals surface area contributed by atoms with Gasteiger partial charge in [-0.15, -0.1) is 11.3 Å². The molecule has 0 saturated heterocycles. The van der Waals surface area contributed by atoms with Gasteiger partial charge in [-0.3, -0.25) is 0 Å². The largest absolute Gasteiger partial charge is 0.494 e. The van der Waals surface area contributed by atoms with E-state index in [1.165, 1.54) is 30.6 Å². The second-order valence-corrected chi connectivity index (χ2v) is 5.19. The van der Waals surface area contributed by atoms with Crippen LogP contribution in [0.5, 0.6) is 5.75 Å². The molecule has 1 aromatic carbocycles. The number of carbonyl (C=O) groups excluding carboxylic acids is 1. The number of hydrogen-bond donors (Lipinski definition) is 0. The van der Waals surface area contributed by atoms with E-state index in [1.807, 2.05) is 0 Å². The molecular weight excluding hydrogens is 317 g/mol. The molecule has 0 fully saturated rings. The molecule has 1 heterocycles. The van der Waals surface area contributed by atoms with Crippen molar-refractivity contribution >= 4 is 17.3 Å². The van der Waals surface area contributed by atoms with Crippen molar-refractivity contribution in [2.45, 2.75) is 13.1 Å². The van der Waals surface area contributed by atoms with Crippen LogP contribution in [0.3, 0.4) is 0 Å². The Morgan fingerprint density at radius 2 is 1.86 bits per heavy atom. The summed E-state index contributed by atoms with van der Waals surface area (Å²) < 4.78 is 47.9. The highest BCUT2D eigenvalue weighted by molar-refractivity contribution is 7.14. The van der Waals surface area contributed by atoms with Crippen molar-refractivity contribution in [3.63, 3.8) is 0 Å². The van der Waals surface area contributed by atoms with Gasteiger partial charge in [0.2, 0.25) is 0 Å². The number of thiophene rings is 1. The van der Waals surface area contributed by atoms with Gasteiger partial charge in [0.25, 0.3) is 0 Å². The predicted molar refractivity (Wildman–Crippen MR) is 77.3 cm³/mol. The van der Waals surface area contributed by atoms with Crippen LogP contribution in [0.25, 0.3) is 10.4 Å². The lowest BCUT2D eigenvalue weighted by atomic mass is 10.1. The molecule has 118 valence electrons. The summed E-state index contributed by atoms with van der Waals surface area (Å²) in [6.07, 6.45) is -4.38. The molecule has 0 aliphatic rings. The molecule has 7 heteroatoms. The Labute approximate surface area is 129 Å². The second kappa shape index (κ2) is 6.39. The molecule has 0 atom stereocenters. The van der Waals surface area contributed by atoms with Crippen LogP contribution in [-0.2, 0) is 10.9 Å². The molecule has 0 amide bonds. The van der Waals surface area contributed by atoms with Crippen LogP contribution in [0.1, 0.15) is 22.8 Å². The Kier molecular flexibility index (Phi) is 4.75. The van der Waals surface area contributed by atoms with Crippen LogP contribution in [0.15, 0.2) is 29.6 Å². The quantitative estimate of drug-likeness (QED) is 0.768. The highest BCUT2D eigenvalue weighted by atomic mass is 32.1. The van der Waals surface area contributed by atoms with Gasteiger partial charge in [0.05, 0.1) is 24.2 Å². The zero-order chi connectivity index (χ0) is 16.3. The summed E-state index contributed by atoms with van der Waals surface area (Å²) in [4.78, 5) is 12.4. The maximum atomic E-state index is 12.6. The number of alkyl halides is 3. The van der Waals surface area contributed by atoms with E-state index in [1.54, 1.807) is 12.3 Å².